The normalized spacial score (nSPS) is 14.4. The van der Waals surface area contributed by atoms with Crippen molar-refractivity contribution in [2.75, 3.05) is 36.5 Å². The highest BCUT2D eigenvalue weighted by Gasteiger charge is 2.18. The number of ether oxygens (including phenoxy) is 1. The zero-order chi connectivity index (χ0) is 20.9. The second kappa shape index (κ2) is 8.72. The van der Waals surface area contributed by atoms with E-state index in [9.17, 15) is 14.4 Å². The minimum atomic E-state index is -0.565. The summed E-state index contributed by atoms with van der Waals surface area (Å²) in [5.41, 5.74) is 1.87. The number of fused-ring (bicyclic) bond motifs is 1. The van der Waals surface area contributed by atoms with Crippen molar-refractivity contribution in [3.05, 3.63) is 71.6 Å². The topological polar surface area (TPSA) is 78.2 Å². The van der Waals surface area contributed by atoms with Gasteiger partial charge in [-0.2, -0.15) is 5.26 Å². The van der Waals surface area contributed by atoms with Gasteiger partial charge in [-0.3, -0.25) is 4.79 Å². The fourth-order valence-corrected chi connectivity index (χ4v) is 3.29. The van der Waals surface area contributed by atoms with Crippen molar-refractivity contribution in [3.8, 4) is 6.07 Å². The number of carbonyl (C=O) groups is 1. The van der Waals surface area contributed by atoms with E-state index in [-0.39, 0.29) is 5.57 Å². The lowest BCUT2D eigenvalue weighted by atomic mass is 10.1. The maximum atomic E-state index is 13.1. The van der Waals surface area contributed by atoms with E-state index in [0.29, 0.717) is 43.4 Å². The van der Waals surface area contributed by atoms with Crippen molar-refractivity contribution in [2.45, 2.75) is 0 Å². The largest absolute Gasteiger partial charge is 0.378 e. The number of hydrogen-bond acceptors (Lipinski definition) is 5. The lowest BCUT2D eigenvalue weighted by molar-refractivity contribution is -0.112. The molecule has 0 aliphatic carbocycles. The molecule has 1 fully saturated rings. The average molecular weight is 402 g/mol. The molecular weight excluding hydrogens is 383 g/mol. The zero-order valence-electron chi connectivity index (χ0n) is 16.1. The molecule has 6 nitrogen and oxygen atoms in total. The number of halogens is 1. The number of nitrogens with one attached hydrogen (secondary N) is 1. The highest BCUT2D eigenvalue weighted by atomic mass is 19.1. The van der Waals surface area contributed by atoms with Gasteiger partial charge in [0.2, 0.25) is 0 Å². The van der Waals surface area contributed by atoms with Crippen molar-refractivity contribution < 1.29 is 13.9 Å². The molecule has 1 N–H and O–H groups in total. The summed E-state index contributed by atoms with van der Waals surface area (Å²) in [6.45, 7) is 2.54. The summed E-state index contributed by atoms with van der Waals surface area (Å²) in [6.07, 6.45) is 1.54. The Balaban J connectivity index is 1.71. The standard InChI is InChI=1S/C23H19FN4O2/c24-19-5-7-20(8-6-19)26-23(29)18(15-25)14-17-13-16-3-1-2-4-21(16)27-22(17)28-9-11-30-12-10-28/h1-8,13-14H,9-12H2,(H,26,29)/b18-14+. The van der Waals surface area contributed by atoms with Gasteiger partial charge in [0.15, 0.2) is 0 Å². The minimum absolute atomic E-state index is 0.0640. The first-order chi connectivity index (χ1) is 14.6. The first kappa shape index (κ1) is 19.6. The third kappa shape index (κ3) is 4.29. The van der Waals surface area contributed by atoms with E-state index >= 15 is 0 Å². The molecule has 0 spiro atoms. The molecule has 0 radical (unpaired) electrons. The molecule has 1 saturated heterocycles. The number of hydrogen-bond donors (Lipinski definition) is 1. The zero-order valence-corrected chi connectivity index (χ0v) is 16.1. The predicted molar refractivity (Wildman–Crippen MR) is 113 cm³/mol. The van der Waals surface area contributed by atoms with E-state index < -0.39 is 11.7 Å². The first-order valence-electron chi connectivity index (χ1n) is 9.55. The van der Waals surface area contributed by atoms with Crippen LogP contribution in [0.2, 0.25) is 0 Å². The molecule has 30 heavy (non-hydrogen) atoms. The van der Waals surface area contributed by atoms with E-state index in [1.807, 2.05) is 36.4 Å². The van der Waals surface area contributed by atoms with Crippen LogP contribution in [-0.4, -0.2) is 37.2 Å². The molecule has 1 aromatic heterocycles. The smallest absolute Gasteiger partial charge is 0.266 e. The van der Waals surface area contributed by atoms with Crippen molar-refractivity contribution in [1.29, 1.82) is 5.26 Å². The molecule has 0 unspecified atom stereocenters. The first-order valence-corrected chi connectivity index (χ1v) is 9.55. The van der Waals surface area contributed by atoms with Crippen LogP contribution < -0.4 is 10.2 Å². The number of benzene rings is 2. The molecule has 3 aromatic rings. The number of amides is 1. The summed E-state index contributed by atoms with van der Waals surface area (Å²) in [5.74, 6) is -0.258. The van der Waals surface area contributed by atoms with Crippen LogP contribution in [0, 0.1) is 17.1 Å². The van der Waals surface area contributed by atoms with Gasteiger partial charge in [0.1, 0.15) is 23.3 Å². The van der Waals surface area contributed by atoms with E-state index in [2.05, 4.69) is 10.2 Å². The Kier molecular flexibility index (Phi) is 5.68. The summed E-state index contributed by atoms with van der Waals surface area (Å²) in [4.78, 5) is 19.5. The summed E-state index contributed by atoms with van der Waals surface area (Å²) in [7, 11) is 0. The lowest BCUT2D eigenvalue weighted by Gasteiger charge is -2.29. The number of para-hydroxylation sites is 1. The monoisotopic (exact) mass is 402 g/mol. The molecule has 0 saturated carbocycles. The average Bonchev–Trinajstić information content (AvgIpc) is 2.79. The Morgan fingerprint density at radius 2 is 1.90 bits per heavy atom. The summed E-state index contributed by atoms with van der Waals surface area (Å²) in [6, 6.07) is 17.0. The fraction of sp³-hybridized carbons (Fsp3) is 0.174. The van der Waals surface area contributed by atoms with Gasteiger partial charge in [0, 0.05) is 29.7 Å². The Labute approximate surface area is 173 Å². The Morgan fingerprint density at radius 1 is 1.17 bits per heavy atom. The number of anilines is 2. The van der Waals surface area contributed by atoms with Crippen LogP contribution in [0.1, 0.15) is 5.56 Å². The number of nitrogens with zero attached hydrogens (tertiary/aromatic N) is 3. The Morgan fingerprint density at radius 3 is 2.63 bits per heavy atom. The van der Waals surface area contributed by atoms with Crippen LogP contribution in [0.5, 0.6) is 0 Å². The Hall–Kier alpha value is -3.76. The second-order valence-electron chi connectivity index (χ2n) is 6.82. The van der Waals surface area contributed by atoms with Crippen molar-refractivity contribution in [1.82, 2.24) is 4.98 Å². The number of morpholine rings is 1. The number of nitriles is 1. The Bertz CT molecular complexity index is 1150. The van der Waals surface area contributed by atoms with Crippen LogP contribution >= 0.6 is 0 Å². The summed E-state index contributed by atoms with van der Waals surface area (Å²) >= 11 is 0. The molecule has 150 valence electrons. The maximum absolute atomic E-state index is 13.1. The van der Waals surface area contributed by atoms with Gasteiger partial charge in [-0.1, -0.05) is 18.2 Å². The summed E-state index contributed by atoms with van der Waals surface area (Å²) < 4.78 is 18.5. The molecule has 1 aliphatic heterocycles. The number of rotatable bonds is 4. The van der Waals surface area contributed by atoms with Gasteiger partial charge in [0.25, 0.3) is 5.91 Å². The predicted octanol–water partition coefficient (Wildman–Crippen LogP) is 3.76. The molecule has 1 aliphatic rings. The van der Waals surface area contributed by atoms with E-state index in [1.165, 1.54) is 24.3 Å². The van der Waals surface area contributed by atoms with Crippen molar-refractivity contribution in [3.63, 3.8) is 0 Å². The van der Waals surface area contributed by atoms with Crippen LogP contribution in [0.4, 0.5) is 15.9 Å². The van der Waals surface area contributed by atoms with Gasteiger partial charge in [-0.15, -0.1) is 0 Å². The van der Waals surface area contributed by atoms with Crippen LogP contribution in [0.3, 0.4) is 0 Å². The van der Waals surface area contributed by atoms with E-state index in [4.69, 9.17) is 9.72 Å². The number of carbonyl (C=O) groups excluding carboxylic acids is 1. The summed E-state index contributed by atoms with van der Waals surface area (Å²) in [5, 5.41) is 13.1. The third-order valence-electron chi connectivity index (χ3n) is 4.81. The molecule has 2 aromatic carbocycles. The van der Waals surface area contributed by atoms with Gasteiger partial charge in [-0.25, -0.2) is 9.37 Å². The number of pyridine rings is 1. The van der Waals surface area contributed by atoms with E-state index in [1.54, 1.807) is 6.08 Å². The second-order valence-corrected chi connectivity index (χ2v) is 6.82. The van der Waals surface area contributed by atoms with Gasteiger partial charge in [0.05, 0.1) is 18.7 Å². The highest BCUT2D eigenvalue weighted by molar-refractivity contribution is 6.10. The number of aromatic nitrogens is 1. The van der Waals surface area contributed by atoms with Crippen molar-refractivity contribution in [2.24, 2.45) is 0 Å². The maximum Gasteiger partial charge on any atom is 0.266 e. The quantitative estimate of drug-likeness (QED) is 0.531. The SMILES string of the molecule is N#C/C(=C\c1cc2ccccc2nc1N1CCOCC1)C(=O)Nc1ccc(F)cc1. The molecular formula is C23H19FN4O2. The minimum Gasteiger partial charge on any atom is -0.378 e. The highest BCUT2D eigenvalue weighted by Crippen LogP contribution is 2.27. The molecule has 0 bridgehead atoms. The fourth-order valence-electron chi connectivity index (χ4n) is 3.29. The van der Waals surface area contributed by atoms with Gasteiger partial charge < -0.3 is 15.0 Å². The van der Waals surface area contributed by atoms with E-state index in [0.717, 1.165) is 10.9 Å². The lowest BCUT2D eigenvalue weighted by Crippen LogP contribution is -2.37. The van der Waals surface area contributed by atoms with Gasteiger partial charge >= 0.3 is 0 Å². The molecule has 4 rings (SSSR count). The molecule has 1 amide bonds. The van der Waals surface area contributed by atoms with Crippen LogP contribution in [0.25, 0.3) is 17.0 Å². The molecule has 0 atom stereocenters. The third-order valence-corrected chi connectivity index (χ3v) is 4.81. The van der Waals surface area contributed by atoms with Crippen LogP contribution in [0.15, 0.2) is 60.2 Å². The molecule has 2 heterocycles. The molecule has 7 heteroatoms. The van der Waals surface area contributed by atoms with Crippen molar-refractivity contribution >= 4 is 34.4 Å². The van der Waals surface area contributed by atoms with Crippen LogP contribution in [-0.2, 0) is 9.53 Å². The van der Waals surface area contributed by atoms with Gasteiger partial charge in [-0.05, 0) is 42.5 Å².